The van der Waals surface area contributed by atoms with Crippen molar-refractivity contribution in [3.8, 4) is 0 Å². The zero-order chi connectivity index (χ0) is 20.6. The lowest BCUT2D eigenvalue weighted by molar-refractivity contribution is 0.101. The number of carbonyl (C=O) groups excluding carboxylic acids is 1. The van der Waals surface area contributed by atoms with E-state index < -0.39 is 9.84 Å². The second-order valence-electron chi connectivity index (χ2n) is 6.97. The van der Waals surface area contributed by atoms with Crippen molar-refractivity contribution in [3.63, 3.8) is 0 Å². The van der Waals surface area contributed by atoms with Crippen molar-refractivity contribution in [2.24, 2.45) is 0 Å². The lowest BCUT2D eigenvalue weighted by atomic mass is 10.1. The van der Waals surface area contributed by atoms with Crippen LogP contribution in [0.15, 0.2) is 59.6 Å². The van der Waals surface area contributed by atoms with Crippen LogP contribution in [-0.4, -0.2) is 37.0 Å². The minimum atomic E-state index is -3.23. The Morgan fingerprint density at radius 3 is 2.38 bits per heavy atom. The number of sulfone groups is 1. The van der Waals surface area contributed by atoms with E-state index in [1.165, 1.54) is 13.2 Å². The molecule has 1 aliphatic heterocycles. The lowest BCUT2D eigenvalue weighted by Gasteiger charge is -2.19. The highest BCUT2D eigenvalue weighted by atomic mass is 32.2. The predicted octanol–water partition coefficient (Wildman–Crippen LogP) is 3.52. The van der Waals surface area contributed by atoms with Gasteiger partial charge < -0.3 is 10.2 Å². The molecule has 3 aromatic rings. The first-order valence-electron chi connectivity index (χ1n) is 9.13. The van der Waals surface area contributed by atoms with Gasteiger partial charge in [-0.1, -0.05) is 0 Å². The van der Waals surface area contributed by atoms with Crippen molar-refractivity contribution in [3.05, 3.63) is 65.9 Å². The maximum Gasteiger partial charge on any atom is 0.229 e. The van der Waals surface area contributed by atoms with Gasteiger partial charge in [-0.3, -0.25) is 4.79 Å². The van der Waals surface area contributed by atoms with Crippen LogP contribution in [0.3, 0.4) is 0 Å². The number of fused-ring (bicyclic) bond motifs is 1. The molecule has 1 N–H and O–H groups in total. The number of ketones is 1. The van der Waals surface area contributed by atoms with Crippen LogP contribution in [0, 0.1) is 0 Å². The zero-order valence-corrected chi connectivity index (χ0v) is 16.9. The SMILES string of the molecule is CC(=O)c1ccc(Nc2ncc3c(n2)N(c2ccc(S(C)(=O)=O)cc2)CC3)cc1. The van der Waals surface area contributed by atoms with Gasteiger partial charge in [-0.15, -0.1) is 0 Å². The maximum absolute atomic E-state index is 11.7. The molecule has 0 radical (unpaired) electrons. The molecule has 1 aromatic heterocycles. The molecule has 0 aliphatic carbocycles. The quantitative estimate of drug-likeness (QED) is 0.646. The van der Waals surface area contributed by atoms with Crippen molar-refractivity contribution in [2.75, 3.05) is 23.0 Å². The van der Waals surface area contributed by atoms with Crippen LogP contribution in [0.1, 0.15) is 22.8 Å². The van der Waals surface area contributed by atoms with E-state index in [1.807, 2.05) is 17.0 Å². The van der Waals surface area contributed by atoms with Gasteiger partial charge in [0.2, 0.25) is 5.95 Å². The Labute approximate surface area is 169 Å². The van der Waals surface area contributed by atoms with Crippen LogP contribution >= 0.6 is 0 Å². The number of anilines is 4. The molecule has 0 amide bonds. The second kappa shape index (κ2) is 7.29. The normalized spacial score (nSPS) is 13.2. The Morgan fingerprint density at radius 2 is 1.76 bits per heavy atom. The van der Waals surface area contributed by atoms with Crippen LogP contribution in [0.5, 0.6) is 0 Å². The molecule has 0 saturated carbocycles. The van der Waals surface area contributed by atoms with Crippen LogP contribution in [0.2, 0.25) is 0 Å². The smallest absolute Gasteiger partial charge is 0.229 e. The van der Waals surface area contributed by atoms with Gasteiger partial charge in [0.1, 0.15) is 5.82 Å². The number of carbonyl (C=O) groups is 1. The minimum absolute atomic E-state index is 0.0165. The van der Waals surface area contributed by atoms with Gasteiger partial charge in [0, 0.05) is 41.5 Å². The summed E-state index contributed by atoms with van der Waals surface area (Å²) in [5.41, 5.74) is 3.35. The van der Waals surface area contributed by atoms with Gasteiger partial charge in [0.25, 0.3) is 0 Å². The summed E-state index contributed by atoms with van der Waals surface area (Å²) in [5, 5.41) is 3.16. The van der Waals surface area contributed by atoms with Crippen LogP contribution < -0.4 is 10.2 Å². The Hall–Kier alpha value is -3.26. The monoisotopic (exact) mass is 408 g/mol. The fourth-order valence-corrected chi connectivity index (χ4v) is 3.88. The van der Waals surface area contributed by atoms with Gasteiger partial charge in [-0.05, 0) is 61.9 Å². The third kappa shape index (κ3) is 3.97. The standard InChI is InChI=1S/C21H20N4O3S/c1-14(26)15-3-5-17(6-4-15)23-21-22-13-16-11-12-25(20(16)24-21)18-7-9-19(10-8-18)29(2,27)28/h3-10,13H,11-12H2,1-2H3,(H,22,23,24). The number of aromatic nitrogens is 2. The third-order valence-corrected chi connectivity index (χ3v) is 5.95. The second-order valence-corrected chi connectivity index (χ2v) is 8.98. The first kappa shape index (κ1) is 19.1. The molecule has 148 valence electrons. The number of nitrogens with zero attached hydrogens (tertiary/aromatic N) is 3. The molecule has 8 heteroatoms. The molecule has 0 fully saturated rings. The highest BCUT2D eigenvalue weighted by Crippen LogP contribution is 2.33. The van der Waals surface area contributed by atoms with Gasteiger partial charge in [-0.25, -0.2) is 13.4 Å². The number of hydrogen-bond acceptors (Lipinski definition) is 7. The fourth-order valence-electron chi connectivity index (χ4n) is 3.25. The lowest BCUT2D eigenvalue weighted by Crippen LogP contribution is -2.15. The van der Waals surface area contributed by atoms with Gasteiger partial charge >= 0.3 is 0 Å². The number of nitrogens with one attached hydrogen (secondary N) is 1. The molecule has 0 spiro atoms. The van der Waals surface area contributed by atoms with E-state index in [2.05, 4.69) is 15.3 Å². The Kier molecular flexibility index (Phi) is 4.79. The molecule has 0 bridgehead atoms. The van der Waals surface area contributed by atoms with Crippen molar-refractivity contribution in [2.45, 2.75) is 18.2 Å². The number of benzene rings is 2. The summed E-state index contributed by atoms with van der Waals surface area (Å²) in [6.45, 7) is 2.28. The summed E-state index contributed by atoms with van der Waals surface area (Å²) >= 11 is 0. The highest BCUT2D eigenvalue weighted by Gasteiger charge is 2.23. The number of Topliss-reactive ketones (excluding diaryl/α,β-unsaturated/α-hetero) is 1. The van der Waals surface area contributed by atoms with Crippen molar-refractivity contribution in [1.29, 1.82) is 0 Å². The first-order chi connectivity index (χ1) is 13.8. The Bertz CT molecular complexity index is 1170. The summed E-state index contributed by atoms with van der Waals surface area (Å²) in [6, 6.07) is 14.0. The van der Waals surface area contributed by atoms with E-state index in [4.69, 9.17) is 0 Å². The van der Waals surface area contributed by atoms with Crippen molar-refractivity contribution < 1.29 is 13.2 Å². The molecule has 2 heterocycles. The molecular weight excluding hydrogens is 388 g/mol. The van der Waals surface area contributed by atoms with Crippen molar-refractivity contribution >= 4 is 38.8 Å². The molecule has 1 aliphatic rings. The van der Waals surface area contributed by atoms with Gasteiger partial charge in [0.15, 0.2) is 15.6 Å². The average Bonchev–Trinajstić information content (AvgIpc) is 3.11. The summed E-state index contributed by atoms with van der Waals surface area (Å²) in [7, 11) is -3.23. The summed E-state index contributed by atoms with van der Waals surface area (Å²) in [5.74, 6) is 1.27. The Morgan fingerprint density at radius 1 is 1.07 bits per heavy atom. The molecule has 4 rings (SSSR count). The van der Waals surface area contributed by atoms with Gasteiger partial charge in [-0.2, -0.15) is 4.98 Å². The topological polar surface area (TPSA) is 92.3 Å². The highest BCUT2D eigenvalue weighted by molar-refractivity contribution is 7.90. The summed E-state index contributed by atoms with van der Waals surface area (Å²) in [6.07, 6.45) is 3.82. The van der Waals surface area contributed by atoms with Crippen molar-refractivity contribution in [1.82, 2.24) is 9.97 Å². The minimum Gasteiger partial charge on any atom is -0.326 e. The molecule has 2 aromatic carbocycles. The summed E-state index contributed by atoms with van der Waals surface area (Å²) in [4.78, 5) is 22.8. The predicted molar refractivity (Wildman–Crippen MR) is 112 cm³/mol. The van der Waals surface area contributed by atoms with E-state index in [1.54, 1.807) is 42.6 Å². The molecular formula is C21H20N4O3S. The average molecular weight is 408 g/mol. The number of rotatable bonds is 5. The zero-order valence-electron chi connectivity index (χ0n) is 16.1. The van der Waals surface area contributed by atoms with E-state index in [-0.39, 0.29) is 5.78 Å². The largest absolute Gasteiger partial charge is 0.326 e. The van der Waals surface area contributed by atoms with E-state index >= 15 is 0 Å². The molecule has 0 unspecified atom stereocenters. The van der Waals surface area contributed by atoms with Crippen LogP contribution in [0.4, 0.5) is 23.1 Å². The molecule has 0 saturated heterocycles. The third-order valence-electron chi connectivity index (χ3n) is 4.83. The first-order valence-corrected chi connectivity index (χ1v) is 11.0. The maximum atomic E-state index is 11.7. The van der Waals surface area contributed by atoms with E-state index in [0.717, 1.165) is 35.7 Å². The number of hydrogen-bond donors (Lipinski definition) is 1. The Balaban J connectivity index is 1.59. The summed E-state index contributed by atoms with van der Waals surface area (Å²) < 4.78 is 23.4. The van der Waals surface area contributed by atoms with Crippen LogP contribution in [-0.2, 0) is 16.3 Å². The molecule has 0 atom stereocenters. The molecule has 7 nitrogen and oxygen atoms in total. The van der Waals surface area contributed by atoms with Gasteiger partial charge in [0.05, 0.1) is 4.90 Å². The fraction of sp³-hybridized carbons (Fsp3) is 0.190. The van der Waals surface area contributed by atoms with Crippen LogP contribution in [0.25, 0.3) is 0 Å². The van der Waals surface area contributed by atoms with E-state index in [9.17, 15) is 13.2 Å². The van der Waals surface area contributed by atoms with E-state index in [0.29, 0.717) is 16.4 Å². The molecule has 29 heavy (non-hydrogen) atoms.